The highest BCUT2D eigenvalue weighted by Gasteiger charge is 2.32. The van der Waals surface area contributed by atoms with Gasteiger partial charge in [-0.05, 0) is 45.4 Å². The van der Waals surface area contributed by atoms with Gasteiger partial charge in [0.25, 0.3) is 0 Å². The first kappa shape index (κ1) is 10.0. The van der Waals surface area contributed by atoms with Crippen LogP contribution in [0.1, 0.15) is 39.5 Å². The molecule has 12 heavy (non-hydrogen) atoms. The van der Waals surface area contributed by atoms with Crippen molar-refractivity contribution in [1.82, 2.24) is 0 Å². The van der Waals surface area contributed by atoms with E-state index in [4.69, 9.17) is 4.74 Å². The van der Waals surface area contributed by atoms with Gasteiger partial charge < -0.3 is 9.84 Å². The van der Waals surface area contributed by atoms with Crippen molar-refractivity contribution >= 4 is 0 Å². The number of hydrogen-bond donors (Lipinski definition) is 1. The van der Waals surface area contributed by atoms with E-state index in [9.17, 15) is 5.11 Å². The molecule has 0 unspecified atom stereocenters. The van der Waals surface area contributed by atoms with E-state index in [0.29, 0.717) is 5.92 Å². The van der Waals surface area contributed by atoms with Crippen LogP contribution in [0.15, 0.2) is 0 Å². The summed E-state index contributed by atoms with van der Waals surface area (Å²) in [5.41, 5.74) is -0.0137. The van der Waals surface area contributed by atoms with Gasteiger partial charge in [0.1, 0.15) is 0 Å². The predicted octanol–water partition coefficient (Wildman–Crippen LogP) is 1.96. The lowest BCUT2D eigenvalue weighted by Crippen LogP contribution is -2.36. The van der Waals surface area contributed by atoms with Gasteiger partial charge in [-0.2, -0.15) is 0 Å². The van der Waals surface area contributed by atoms with Crippen LogP contribution in [-0.2, 0) is 4.74 Å². The smallest absolute Gasteiger partial charge is 0.0650 e. The fraction of sp³-hybridized carbons (Fsp3) is 1.00. The van der Waals surface area contributed by atoms with Gasteiger partial charge in [0.15, 0.2) is 0 Å². The van der Waals surface area contributed by atoms with Crippen molar-refractivity contribution in [1.29, 1.82) is 0 Å². The third-order valence-electron chi connectivity index (χ3n) is 3.21. The predicted molar refractivity (Wildman–Crippen MR) is 49.1 cm³/mol. The fourth-order valence-electron chi connectivity index (χ4n) is 1.94. The summed E-state index contributed by atoms with van der Waals surface area (Å²) in [6.45, 7) is 4.27. The fourth-order valence-corrected chi connectivity index (χ4v) is 1.94. The summed E-state index contributed by atoms with van der Waals surface area (Å²) >= 11 is 0. The van der Waals surface area contributed by atoms with E-state index in [0.717, 1.165) is 25.7 Å². The summed E-state index contributed by atoms with van der Waals surface area (Å²) < 4.78 is 5.43. The Balaban J connectivity index is 2.44. The Hall–Kier alpha value is -0.0800. The maximum atomic E-state index is 9.32. The zero-order valence-electron chi connectivity index (χ0n) is 8.34. The van der Waals surface area contributed by atoms with Gasteiger partial charge in [0.05, 0.1) is 11.7 Å². The van der Waals surface area contributed by atoms with E-state index < -0.39 is 0 Å². The zero-order valence-corrected chi connectivity index (χ0v) is 8.34. The van der Waals surface area contributed by atoms with Crippen LogP contribution in [0, 0.1) is 5.92 Å². The molecule has 0 radical (unpaired) electrons. The molecular formula is C10H20O2. The number of methoxy groups -OCH3 is 1. The highest BCUT2D eigenvalue weighted by atomic mass is 16.5. The Morgan fingerprint density at radius 2 is 1.67 bits per heavy atom. The van der Waals surface area contributed by atoms with E-state index in [-0.39, 0.29) is 11.7 Å². The van der Waals surface area contributed by atoms with E-state index in [1.807, 2.05) is 0 Å². The molecular weight excluding hydrogens is 152 g/mol. The van der Waals surface area contributed by atoms with E-state index >= 15 is 0 Å². The maximum absolute atomic E-state index is 9.32. The molecule has 1 aliphatic rings. The summed E-state index contributed by atoms with van der Waals surface area (Å²) in [4.78, 5) is 0. The number of aliphatic hydroxyl groups is 1. The number of hydrogen-bond acceptors (Lipinski definition) is 2. The van der Waals surface area contributed by atoms with Crippen molar-refractivity contribution in [2.24, 2.45) is 5.92 Å². The van der Waals surface area contributed by atoms with Gasteiger partial charge in [-0.3, -0.25) is 0 Å². The molecule has 0 aromatic carbocycles. The molecule has 0 aromatic heterocycles. The van der Waals surface area contributed by atoms with Gasteiger partial charge in [-0.1, -0.05) is 0 Å². The molecule has 1 rings (SSSR count). The Morgan fingerprint density at radius 3 is 2.08 bits per heavy atom. The van der Waals surface area contributed by atoms with Crippen LogP contribution in [0.2, 0.25) is 0 Å². The maximum Gasteiger partial charge on any atom is 0.0650 e. The summed E-state index contributed by atoms with van der Waals surface area (Å²) in [5.74, 6) is 0.617. The second-order valence-corrected chi connectivity index (χ2v) is 4.31. The van der Waals surface area contributed by atoms with E-state index in [2.05, 4.69) is 13.8 Å². The second-order valence-electron chi connectivity index (χ2n) is 4.31. The topological polar surface area (TPSA) is 29.5 Å². The van der Waals surface area contributed by atoms with Crippen LogP contribution in [0.3, 0.4) is 0 Å². The Kier molecular flexibility index (Phi) is 3.13. The van der Waals surface area contributed by atoms with E-state index in [1.165, 1.54) is 0 Å². The Labute approximate surface area is 74.9 Å². The van der Waals surface area contributed by atoms with Gasteiger partial charge in [-0.15, -0.1) is 0 Å². The minimum Gasteiger partial charge on any atom is -0.393 e. The lowest BCUT2D eigenvalue weighted by molar-refractivity contribution is -0.0522. The molecule has 0 saturated heterocycles. The summed E-state index contributed by atoms with van der Waals surface area (Å²) in [7, 11) is 1.77. The van der Waals surface area contributed by atoms with Crippen molar-refractivity contribution in [3.05, 3.63) is 0 Å². The van der Waals surface area contributed by atoms with Gasteiger partial charge in [0, 0.05) is 7.11 Å². The van der Waals surface area contributed by atoms with Crippen molar-refractivity contribution < 1.29 is 9.84 Å². The highest BCUT2D eigenvalue weighted by Crippen LogP contribution is 2.34. The number of rotatable bonds is 2. The van der Waals surface area contributed by atoms with Crippen LogP contribution < -0.4 is 0 Å². The summed E-state index contributed by atoms with van der Waals surface area (Å²) in [6.07, 6.45) is 4.02. The standard InChI is InChI=1S/C10H20O2/c1-10(2,12-3)8-4-6-9(11)7-5-8/h8-9,11H,4-7H2,1-3H3. The third-order valence-corrected chi connectivity index (χ3v) is 3.21. The lowest BCUT2D eigenvalue weighted by atomic mass is 9.78. The average Bonchev–Trinajstić information content (AvgIpc) is 2.05. The van der Waals surface area contributed by atoms with E-state index in [1.54, 1.807) is 7.11 Å². The molecule has 1 fully saturated rings. The zero-order chi connectivity index (χ0) is 9.19. The molecule has 0 atom stereocenters. The minimum atomic E-state index is -0.0612. The van der Waals surface area contributed by atoms with Gasteiger partial charge >= 0.3 is 0 Å². The van der Waals surface area contributed by atoms with Crippen molar-refractivity contribution in [2.45, 2.75) is 51.2 Å². The average molecular weight is 172 g/mol. The SMILES string of the molecule is COC(C)(C)C1CCC(O)CC1. The van der Waals surface area contributed by atoms with Crippen LogP contribution in [0.4, 0.5) is 0 Å². The molecule has 0 bridgehead atoms. The van der Waals surface area contributed by atoms with Crippen molar-refractivity contribution in [3.63, 3.8) is 0 Å². The first-order valence-corrected chi connectivity index (χ1v) is 4.79. The summed E-state index contributed by atoms with van der Waals surface area (Å²) in [6, 6.07) is 0. The van der Waals surface area contributed by atoms with Crippen molar-refractivity contribution in [2.75, 3.05) is 7.11 Å². The molecule has 72 valence electrons. The van der Waals surface area contributed by atoms with Crippen LogP contribution in [0.25, 0.3) is 0 Å². The first-order valence-electron chi connectivity index (χ1n) is 4.79. The largest absolute Gasteiger partial charge is 0.393 e. The quantitative estimate of drug-likeness (QED) is 0.690. The Bertz CT molecular complexity index is 135. The molecule has 1 N–H and O–H groups in total. The molecule has 0 aromatic rings. The molecule has 0 aliphatic heterocycles. The lowest BCUT2D eigenvalue weighted by Gasteiger charge is -2.37. The molecule has 2 heteroatoms. The molecule has 0 spiro atoms. The van der Waals surface area contributed by atoms with Gasteiger partial charge in [0.2, 0.25) is 0 Å². The van der Waals surface area contributed by atoms with Gasteiger partial charge in [-0.25, -0.2) is 0 Å². The minimum absolute atomic E-state index is 0.0137. The molecule has 1 aliphatic carbocycles. The third kappa shape index (κ3) is 2.20. The second kappa shape index (κ2) is 3.75. The molecule has 2 nitrogen and oxygen atoms in total. The molecule has 0 heterocycles. The number of aliphatic hydroxyl groups excluding tert-OH is 1. The Morgan fingerprint density at radius 1 is 1.17 bits per heavy atom. The molecule has 1 saturated carbocycles. The highest BCUT2D eigenvalue weighted by molar-refractivity contribution is 4.83. The summed E-state index contributed by atoms with van der Waals surface area (Å²) in [5, 5.41) is 9.32. The van der Waals surface area contributed by atoms with Crippen LogP contribution >= 0.6 is 0 Å². The normalized spacial score (nSPS) is 32.0. The van der Waals surface area contributed by atoms with Crippen LogP contribution in [-0.4, -0.2) is 23.9 Å². The van der Waals surface area contributed by atoms with Crippen LogP contribution in [0.5, 0.6) is 0 Å². The number of ether oxygens (including phenoxy) is 1. The monoisotopic (exact) mass is 172 g/mol. The first-order chi connectivity index (χ1) is 5.56. The molecule has 0 amide bonds. The van der Waals surface area contributed by atoms with Crippen molar-refractivity contribution in [3.8, 4) is 0 Å².